The maximum Gasteiger partial charge on any atom is 0.228 e. The minimum absolute atomic E-state index is 0.0777. The quantitative estimate of drug-likeness (QED) is 0.796. The summed E-state index contributed by atoms with van der Waals surface area (Å²) in [5.41, 5.74) is 1.64. The molecule has 2 rings (SSSR count). The van der Waals surface area contributed by atoms with Crippen LogP contribution in [-0.2, 0) is 11.2 Å². The lowest BCUT2D eigenvalue weighted by atomic mass is 10.1. The van der Waals surface area contributed by atoms with Gasteiger partial charge in [-0.15, -0.1) is 0 Å². The lowest BCUT2D eigenvalue weighted by Crippen LogP contribution is -2.14. The van der Waals surface area contributed by atoms with Crippen LogP contribution in [0, 0.1) is 0 Å². The molecule has 22 heavy (non-hydrogen) atoms. The number of anilines is 1. The van der Waals surface area contributed by atoms with Crippen molar-refractivity contribution in [3.63, 3.8) is 0 Å². The van der Waals surface area contributed by atoms with Crippen molar-refractivity contribution in [3.8, 4) is 11.5 Å². The van der Waals surface area contributed by atoms with E-state index in [1.807, 2.05) is 42.5 Å². The summed E-state index contributed by atoms with van der Waals surface area (Å²) in [5.74, 6) is 1.39. The van der Waals surface area contributed by atoms with E-state index in [2.05, 4.69) is 11.9 Å². The van der Waals surface area contributed by atoms with Crippen molar-refractivity contribution in [1.29, 1.82) is 0 Å². The largest absolute Gasteiger partial charge is 0.497 e. The summed E-state index contributed by atoms with van der Waals surface area (Å²) in [5, 5.41) is 2.86. The third kappa shape index (κ3) is 4.66. The zero-order valence-corrected chi connectivity index (χ0v) is 12.5. The third-order valence-corrected chi connectivity index (χ3v) is 3.01. The number of methoxy groups -OCH3 is 1. The molecule has 0 aliphatic heterocycles. The highest BCUT2D eigenvalue weighted by Crippen LogP contribution is 2.18. The molecule has 0 fully saturated rings. The van der Waals surface area contributed by atoms with E-state index in [0.717, 1.165) is 11.3 Å². The fraction of sp³-hybridized carbons (Fsp3) is 0.167. The van der Waals surface area contributed by atoms with Crippen molar-refractivity contribution in [2.45, 2.75) is 6.42 Å². The van der Waals surface area contributed by atoms with Crippen molar-refractivity contribution in [2.75, 3.05) is 19.0 Å². The van der Waals surface area contributed by atoms with Crippen molar-refractivity contribution in [1.82, 2.24) is 0 Å². The zero-order valence-electron chi connectivity index (χ0n) is 12.5. The van der Waals surface area contributed by atoms with Gasteiger partial charge in [0.05, 0.1) is 13.5 Å². The number of nitrogens with one attached hydrogen (secondary N) is 1. The van der Waals surface area contributed by atoms with Crippen molar-refractivity contribution in [3.05, 3.63) is 66.7 Å². The number of hydrogen-bond donors (Lipinski definition) is 1. The lowest BCUT2D eigenvalue weighted by molar-refractivity contribution is -0.115. The van der Waals surface area contributed by atoms with Gasteiger partial charge in [0.1, 0.15) is 18.1 Å². The van der Waals surface area contributed by atoms with Gasteiger partial charge in [0.15, 0.2) is 0 Å². The molecule has 1 N–H and O–H groups in total. The van der Waals surface area contributed by atoms with Crippen LogP contribution in [0.1, 0.15) is 5.56 Å². The highest BCUT2D eigenvalue weighted by atomic mass is 16.5. The Bertz CT molecular complexity index is 635. The Balaban J connectivity index is 1.94. The Morgan fingerprint density at radius 2 is 1.95 bits per heavy atom. The molecule has 0 bridgehead atoms. The number of amides is 1. The molecule has 0 atom stereocenters. The first-order chi connectivity index (χ1) is 10.7. The Morgan fingerprint density at radius 1 is 1.18 bits per heavy atom. The summed E-state index contributed by atoms with van der Waals surface area (Å²) in [4.78, 5) is 12.1. The van der Waals surface area contributed by atoms with E-state index in [-0.39, 0.29) is 5.91 Å². The van der Waals surface area contributed by atoms with E-state index >= 15 is 0 Å². The molecule has 4 nitrogen and oxygen atoms in total. The molecule has 2 aromatic carbocycles. The molecule has 0 heterocycles. The van der Waals surface area contributed by atoms with E-state index in [9.17, 15) is 4.79 Å². The van der Waals surface area contributed by atoms with Gasteiger partial charge >= 0.3 is 0 Å². The smallest absolute Gasteiger partial charge is 0.228 e. The van der Waals surface area contributed by atoms with Gasteiger partial charge in [-0.05, 0) is 29.8 Å². The molecule has 0 saturated heterocycles. The van der Waals surface area contributed by atoms with Crippen LogP contribution in [0.3, 0.4) is 0 Å². The summed E-state index contributed by atoms with van der Waals surface area (Å²) in [7, 11) is 1.61. The summed E-state index contributed by atoms with van der Waals surface area (Å²) in [6.07, 6.45) is 1.98. The number of hydrogen-bond acceptors (Lipinski definition) is 3. The van der Waals surface area contributed by atoms with Crippen LogP contribution in [0.25, 0.3) is 0 Å². The minimum Gasteiger partial charge on any atom is -0.497 e. The van der Waals surface area contributed by atoms with Gasteiger partial charge in [-0.2, -0.15) is 0 Å². The second-order valence-electron chi connectivity index (χ2n) is 4.70. The molecule has 1 amide bonds. The second kappa shape index (κ2) is 7.88. The molecule has 0 aliphatic carbocycles. The number of carbonyl (C=O) groups is 1. The fourth-order valence-corrected chi connectivity index (χ4v) is 1.95. The number of carbonyl (C=O) groups excluding carboxylic acids is 1. The Kier molecular flexibility index (Phi) is 5.60. The summed E-state index contributed by atoms with van der Waals surface area (Å²) in [6.45, 7) is 4.04. The van der Waals surface area contributed by atoms with Gasteiger partial charge in [0, 0.05) is 11.8 Å². The fourth-order valence-electron chi connectivity index (χ4n) is 1.95. The average Bonchev–Trinajstić information content (AvgIpc) is 2.54. The van der Waals surface area contributed by atoms with Gasteiger partial charge in [-0.25, -0.2) is 0 Å². The molecule has 0 aliphatic rings. The topological polar surface area (TPSA) is 47.6 Å². The predicted octanol–water partition coefficient (Wildman–Crippen LogP) is 3.44. The van der Waals surface area contributed by atoms with Gasteiger partial charge < -0.3 is 14.8 Å². The van der Waals surface area contributed by atoms with Gasteiger partial charge in [-0.1, -0.05) is 30.9 Å². The predicted molar refractivity (Wildman–Crippen MR) is 87.5 cm³/mol. The minimum atomic E-state index is -0.0777. The van der Waals surface area contributed by atoms with E-state index < -0.39 is 0 Å². The number of rotatable bonds is 7. The first-order valence-corrected chi connectivity index (χ1v) is 6.98. The average molecular weight is 297 g/mol. The molecule has 114 valence electrons. The lowest BCUT2D eigenvalue weighted by Gasteiger charge is -2.08. The van der Waals surface area contributed by atoms with Crippen LogP contribution >= 0.6 is 0 Å². The van der Waals surface area contributed by atoms with Crippen molar-refractivity contribution >= 4 is 11.6 Å². The second-order valence-corrected chi connectivity index (χ2v) is 4.70. The number of ether oxygens (including phenoxy) is 2. The molecule has 0 aromatic heterocycles. The van der Waals surface area contributed by atoms with E-state index in [1.165, 1.54) is 0 Å². The maximum atomic E-state index is 12.1. The summed E-state index contributed by atoms with van der Waals surface area (Å²) < 4.78 is 10.5. The maximum absolute atomic E-state index is 12.1. The molecule has 0 unspecified atom stereocenters. The summed E-state index contributed by atoms with van der Waals surface area (Å²) >= 11 is 0. The number of benzene rings is 2. The third-order valence-electron chi connectivity index (χ3n) is 3.01. The first-order valence-electron chi connectivity index (χ1n) is 6.98. The monoisotopic (exact) mass is 297 g/mol. The molecule has 0 saturated carbocycles. The Hall–Kier alpha value is -2.75. The molecule has 4 heteroatoms. The van der Waals surface area contributed by atoms with E-state index in [1.54, 1.807) is 19.3 Å². The SMILES string of the molecule is C=CCOc1cccc(NC(=O)Cc2ccc(OC)cc2)c1. The standard InChI is InChI=1S/C18H19NO3/c1-3-11-22-17-6-4-5-15(13-17)19-18(20)12-14-7-9-16(21-2)10-8-14/h3-10,13H,1,11-12H2,2H3,(H,19,20). The highest BCUT2D eigenvalue weighted by Gasteiger charge is 2.05. The first kappa shape index (κ1) is 15.6. The van der Waals surface area contributed by atoms with Crippen LogP contribution in [0.4, 0.5) is 5.69 Å². The van der Waals surface area contributed by atoms with E-state index in [0.29, 0.717) is 24.5 Å². The van der Waals surface area contributed by atoms with Gasteiger partial charge in [0.25, 0.3) is 0 Å². The molecule has 2 aromatic rings. The van der Waals surface area contributed by atoms with Crippen LogP contribution < -0.4 is 14.8 Å². The van der Waals surface area contributed by atoms with Crippen LogP contribution in [0.15, 0.2) is 61.2 Å². The van der Waals surface area contributed by atoms with Crippen molar-refractivity contribution in [2.24, 2.45) is 0 Å². The Labute approximate surface area is 130 Å². The van der Waals surface area contributed by atoms with Crippen LogP contribution in [0.5, 0.6) is 11.5 Å². The molecular weight excluding hydrogens is 278 g/mol. The normalized spacial score (nSPS) is 9.86. The van der Waals surface area contributed by atoms with Crippen LogP contribution in [0.2, 0.25) is 0 Å². The molecular formula is C18H19NO3. The van der Waals surface area contributed by atoms with Crippen LogP contribution in [-0.4, -0.2) is 19.6 Å². The zero-order chi connectivity index (χ0) is 15.8. The summed E-state index contributed by atoms with van der Waals surface area (Å²) in [6, 6.07) is 14.7. The molecule has 0 radical (unpaired) electrons. The highest BCUT2D eigenvalue weighted by molar-refractivity contribution is 5.92. The Morgan fingerprint density at radius 3 is 2.64 bits per heavy atom. The van der Waals surface area contributed by atoms with Gasteiger partial charge in [-0.3, -0.25) is 4.79 Å². The molecule has 0 spiro atoms. The van der Waals surface area contributed by atoms with Crippen molar-refractivity contribution < 1.29 is 14.3 Å². The van der Waals surface area contributed by atoms with Gasteiger partial charge in [0.2, 0.25) is 5.91 Å². The van der Waals surface area contributed by atoms with E-state index in [4.69, 9.17) is 9.47 Å².